The van der Waals surface area contributed by atoms with Crippen molar-refractivity contribution in [2.45, 2.75) is 44.6 Å². The molecule has 0 aromatic heterocycles. The van der Waals surface area contributed by atoms with E-state index in [1.165, 1.54) is 0 Å². The minimum atomic E-state index is -3.73. The molecule has 1 saturated heterocycles. The number of aryl methyl sites for hydroxylation is 1. The van der Waals surface area contributed by atoms with Gasteiger partial charge in [-0.3, -0.25) is 0 Å². The van der Waals surface area contributed by atoms with E-state index >= 15 is 0 Å². The number of hydrogen-bond acceptors (Lipinski definition) is 4. The molecular formula is C14H19ClO4S. The smallest absolute Gasteiger partial charge is 0.261 e. The molecule has 0 radical (unpaired) electrons. The minimum absolute atomic E-state index is 0.130. The molecule has 0 N–H and O–H groups in total. The number of hydrogen-bond donors (Lipinski definition) is 0. The summed E-state index contributed by atoms with van der Waals surface area (Å²) in [6, 6.07) is 1.56. The molecule has 1 aromatic rings. The summed E-state index contributed by atoms with van der Waals surface area (Å²) in [4.78, 5) is 0.152. The van der Waals surface area contributed by atoms with Crippen LogP contribution < -0.4 is 4.74 Å². The summed E-state index contributed by atoms with van der Waals surface area (Å²) in [6.07, 6.45) is 2.20. The standard InChI is InChI=1S/C14H19ClO4S/c1-9-7-13(20(15,16)17)10(2)11(3)14(9)19-8-12-5-4-6-18-12/h7,12H,4-6,8H2,1-3H3. The molecule has 0 saturated carbocycles. The fourth-order valence-electron chi connectivity index (χ4n) is 2.45. The maximum Gasteiger partial charge on any atom is 0.261 e. The molecule has 0 bridgehead atoms. The van der Waals surface area contributed by atoms with Crippen LogP contribution >= 0.6 is 10.7 Å². The third-order valence-corrected chi connectivity index (χ3v) is 5.13. The molecule has 1 aliphatic heterocycles. The van der Waals surface area contributed by atoms with Crippen molar-refractivity contribution in [3.05, 3.63) is 22.8 Å². The monoisotopic (exact) mass is 318 g/mol. The molecule has 2 rings (SSSR count). The van der Waals surface area contributed by atoms with E-state index in [9.17, 15) is 8.42 Å². The predicted octanol–water partition coefficient (Wildman–Crippen LogP) is 3.10. The van der Waals surface area contributed by atoms with Crippen molar-refractivity contribution in [3.8, 4) is 5.75 Å². The van der Waals surface area contributed by atoms with Crippen molar-refractivity contribution in [2.24, 2.45) is 0 Å². The van der Waals surface area contributed by atoms with Crippen LogP contribution in [0, 0.1) is 20.8 Å². The van der Waals surface area contributed by atoms with Crippen molar-refractivity contribution in [1.29, 1.82) is 0 Å². The molecule has 4 nitrogen and oxygen atoms in total. The molecule has 1 aromatic carbocycles. The number of benzene rings is 1. The summed E-state index contributed by atoms with van der Waals surface area (Å²) in [5.41, 5.74) is 2.21. The van der Waals surface area contributed by atoms with Gasteiger partial charge in [0.05, 0.1) is 11.0 Å². The topological polar surface area (TPSA) is 52.6 Å². The molecule has 20 heavy (non-hydrogen) atoms. The Kier molecular flexibility index (Phi) is 4.62. The summed E-state index contributed by atoms with van der Waals surface area (Å²) in [7, 11) is 1.72. The molecule has 1 atom stereocenters. The number of ether oxygens (including phenoxy) is 2. The summed E-state index contributed by atoms with van der Waals surface area (Å²) in [5, 5.41) is 0. The average Bonchev–Trinajstić information content (AvgIpc) is 2.85. The second-order valence-electron chi connectivity index (χ2n) is 5.15. The van der Waals surface area contributed by atoms with E-state index in [2.05, 4.69) is 0 Å². The van der Waals surface area contributed by atoms with Crippen LogP contribution in [-0.4, -0.2) is 27.7 Å². The van der Waals surface area contributed by atoms with Crippen molar-refractivity contribution in [1.82, 2.24) is 0 Å². The molecule has 1 fully saturated rings. The van der Waals surface area contributed by atoms with Gasteiger partial charge in [-0.15, -0.1) is 0 Å². The van der Waals surface area contributed by atoms with Gasteiger partial charge in [0.15, 0.2) is 0 Å². The van der Waals surface area contributed by atoms with Gasteiger partial charge in [0.2, 0.25) is 0 Å². The van der Waals surface area contributed by atoms with Crippen molar-refractivity contribution in [2.75, 3.05) is 13.2 Å². The van der Waals surface area contributed by atoms with Crippen LogP contribution in [-0.2, 0) is 13.8 Å². The first-order chi connectivity index (χ1) is 9.30. The van der Waals surface area contributed by atoms with Gasteiger partial charge >= 0.3 is 0 Å². The molecule has 1 unspecified atom stereocenters. The van der Waals surface area contributed by atoms with Gasteiger partial charge in [0.1, 0.15) is 12.4 Å². The highest BCUT2D eigenvalue weighted by molar-refractivity contribution is 8.13. The quantitative estimate of drug-likeness (QED) is 0.800. The Bertz CT molecular complexity index is 604. The number of rotatable bonds is 4. The van der Waals surface area contributed by atoms with Crippen LogP contribution in [0.4, 0.5) is 0 Å². The lowest BCUT2D eigenvalue weighted by atomic mass is 10.1. The van der Waals surface area contributed by atoms with Crippen LogP contribution in [0.1, 0.15) is 29.5 Å². The largest absolute Gasteiger partial charge is 0.490 e. The fourth-order valence-corrected chi connectivity index (χ4v) is 3.77. The normalized spacial score (nSPS) is 19.3. The summed E-state index contributed by atoms with van der Waals surface area (Å²) < 4.78 is 34.4. The first-order valence-electron chi connectivity index (χ1n) is 6.60. The van der Waals surface area contributed by atoms with Gasteiger partial charge in [-0.1, -0.05) is 0 Å². The fraction of sp³-hybridized carbons (Fsp3) is 0.571. The van der Waals surface area contributed by atoms with E-state index in [1.54, 1.807) is 13.0 Å². The molecule has 0 spiro atoms. The van der Waals surface area contributed by atoms with Crippen LogP contribution in [0.2, 0.25) is 0 Å². The average molecular weight is 319 g/mol. The Labute approximate surface area is 124 Å². The first kappa shape index (κ1) is 15.6. The maximum absolute atomic E-state index is 11.5. The highest BCUT2D eigenvalue weighted by atomic mass is 35.7. The lowest BCUT2D eigenvalue weighted by Gasteiger charge is -2.18. The van der Waals surface area contributed by atoms with Crippen LogP contribution in [0.5, 0.6) is 5.75 Å². The van der Waals surface area contributed by atoms with Gasteiger partial charge in [-0.05, 0) is 56.4 Å². The summed E-state index contributed by atoms with van der Waals surface area (Å²) in [6.45, 7) is 6.69. The van der Waals surface area contributed by atoms with Crippen LogP contribution in [0.15, 0.2) is 11.0 Å². The Morgan fingerprint density at radius 1 is 1.35 bits per heavy atom. The van der Waals surface area contributed by atoms with Gasteiger partial charge < -0.3 is 9.47 Å². The van der Waals surface area contributed by atoms with Gasteiger partial charge in [-0.25, -0.2) is 8.42 Å². The van der Waals surface area contributed by atoms with E-state index in [1.807, 2.05) is 13.8 Å². The molecule has 0 amide bonds. The van der Waals surface area contributed by atoms with Gasteiger partial charge in [0, 0.05) is 17.3 Å². The Balaban J connectivity index is 2.28. The summed E-state index contributed by atoms with van der Waals surface area (Å²) in [5.74, 6) is 0.724. The van der Waals surface area contributed by atoms with E-state index in [0.29, 0.717) is 12.2 Å². The van der Waals surface area contributed by atoms with Gasteiger partial charge in [-0.2, -0.15) is 0 Å². The van der Waals surface area contributed by atoms with Gasteiger partial charge in [0.25, 0.3) is 9.05 Å². The van der Waals surface area contributed by atoms with E-state index in [4.69, 9.17) is 20.2 Å². The second kappa shape index (κ2) is 5.92. The summed E-state index contributed by atoms with van der Waals surface area (Å²) >= 11 is 0. The third kappa shape index (κ3) is 3.27. The molecular weight excluding hydrogens is 300 g/mol. The predicted molar refractivity (Wildman–Crippen MR) is 78.2 cm³/mol. The number of halogens is 1. The zero-order valence-corrected chi connectivity index (χ0v) is 13.5. The van der Waals surface area contributed by atoms with Crippen molar-refractivity contribution in [3.63, 3.8) is 0 Å². The lowest BCUT2D eigenvalue weighted by Crippen LogP contribution is -2.17. The highest BCUT2D eigenvalue weighted by Crippen LogP contribution is 2.33. The Morgan fingerprint density at radius 3 is 2.60 bits per heavy atom. The zero-order valence-electron chi connectivity index (χ0n) is 11.9. The van der Waals surface area contributed by atoms with Crippen molar-refractivity contribution < 1.29 is 17.9 Å². The zero-order chi connectivity index (χ0) is 14.9. The third-order valence-electron chi connectivity index (χ3n) is 3.68. The first-order valence-corrected chi connectivity index (χ1v) is 8.91. The molecule has 112 valence electrons. The molecule has 6 heteroatoms. The molecule has 0 aliphatic carbocycles. The SMILES string of the molecule is Cc1cc(S(=O)(=O)Cl)c(C)c(C)c1OCC1CCCO1. The second-order valence-corrected chi connectivity index (χ2v) is 7.69. The van der Waals surface area contributed by atoms with E-state index in [0.717, 1.165) is 36.3 Å². The van der Waals surface area contributed by atoms with E-state index in [-0.39, 0.29) is 11.0 Å². The Hall–Kier alpha value is -0.780. The molecule has 1 heterocycles. The lowest BCUT2D eigenvalue weighted by molar-refractivity contribution is 0.0674. The minimum Gasteiger partial charge on any atom is -0.490 e. The van der Waals surface area contributed by atoms with Crippen LogP contribution in [0.3, 0.4) is 0 Å². The molecule has 1 aliphatic rings. The van der Waals surface area contributed by atoms with Crippen molar-refractivity contribution >= 4 is 19.7 Å². The maximum atomic E-state index is 11.5. The van der Waals surface area contributed by atoms with Crippen LogP contribution in [0.25, 0.3) is 0 Å². The van der Waals surface area contributed by atoms with E-state index < -0.39 is 9.05 Å². The Morgan fingerprint density at radius 2 is 2.05 bits per heavy atom. The highest BCUT2D eigenvalue weighted by Gasteiger charge is 2.21.